The zero-order valence-corrected chi connectivity index (χ0v) is 19.3. The summed E-state index contributed by atoms with van der Waals surface area (Å²) in [6.45, 7) is 4.03. The summed E-state index contributed by atoms with van der Waals surface area (Å²) in [5, 5.41) is 4.97. The van der Waals surface area contributed by atoms with Gasteiger partial charge in [-0.3, -0.25) is 9.67 Å². The highest BCUT2D eigenvalue weighted by atomic mass is 19.4. The van der Waals surface area contributed by atoms with Gasteiger partial charge in [0.2, 0.25) is 0 Å². The third kappa shape index (κ3) is 3.99. The zero-order valence-electron chi connectivity index (χ0n) is 19.3. The fourth-order valence-electron chi connectivity index (χ4n) is 5.26. The van der Waals surface area contributed by atoms with Crippen molar-refractivity contribution < 1.29 is 27.4 Å². The molecule has 0 spiro atoms. The Balaban J connectivity index is 1.62. The van der Waals surface area contributed by atoms with E-state index in [0.717, 1.165) is 30.5 Å². The summed E-state index contributed by atoms with van der Waals surface area (Å²) in [5.41, 5.74) is 2.24. The second kappa shape index (κ2) is 8.75. The van der Waals surface area contributed by atoms with Gasteiger partial charge < -0.3 is 19.3 Å². The van der Waals surface area contributed by atoms with Crippen LogP contribution in [0, 0.1) is 6.92 Å². The standard InChI is InChI=1S/C23H28F3N5O3/c1-14-17(23(24,25)26)12-20-18(27-14)4-3-8-30(20)21-16-13-29(22(32)33-2)9-5-19(16)31(28-21)15-6-10-34-11-7-15/h12,15H,3-11,13H2,1-2H3. The molecule has 0 atom stereocenters. The first-order valence-corrected chi connectivity index (χ1v) is 11.6. The van der Waals surface area contributed by atoms with E-state index in [1.807, 2.05) is 9.58 Å². The van der Waals surface area contributed by atoms with Crippen molar-refractivity contribution in [1.29, 1.82) is 0 Å². The van der Waals surface area contributed by atoms with E-state index in [9.17, 15) is 18.0 Å². The lowest BCUT2D eigenvalue weighted by atomic mass is 10.0. The number of amides is 1. The van der Waals surface area contributed by atoms with Crippen LogP contribution in [0.1, 0.15) is 53.5 Å². The molecule has 0 radical (unpaired) electrons. The van der Waals surface area contributed by atoms with Gasteiger partial charge >= 0.3 is 12.3 Å². The number of hydrogen-bond acceptors (Lipinski definition) is 6. The molecule has 34 heavy (non-hydrogen) atoms. The number of anilines is 2. The maximum Gasteiger partial charge on any atom is 0.418 e. The Morgan fingerprint density at radius 3 is 2.68 bits per heavy atom. The molecular weight excluding hydrogens is 451 g/mol. The van der Waals surface area contributed by atoms with Crippen LogP contribution in [0.25, 0.3) is 0 Å². The highest BCUT2D eigenvalue weighted by molar-refractivity contribution is 5.71. The van der Waals surface area contributed by atoms with Crippen LogP contribution in [-0.2, 0) is 35.0 Å². The number of fused-ring (bicyclic) bond motifs is 2. The van der Waals surface area contributed by atoms with Gasteiger partial charge in [0.1, 0.15) is 0 Å². The molecule has 1 saturated heterocycles. The Morgan fingerprint density at radius 1 is 1.21 bits per heavy atom. The maximum atomic E-state index is 13.7. The number of aromatic nitrogens is 3. The number of ether oxygens (including phenoxy) is 2. The summed E-state index contributed by atoms with van der Waals surface area (Å²) in [6, 6.07) is 1.37. The van der Waals surface area contributed by atoms with Crippen LogP contribution in [0.5, 0.6) is 0 Å². The second-order valence-electron chi connectivity index (χ2n) is 9.02. The zero-order chi connectivity index (χ0) is 24.0. The van der Waals surface area contributed by atoms with Crippen LogP contribution in [0.2, 0.25) is 0 Å². The fraction of sp³-hybridized carbons (Fsp3) is 0.609. The van der Waals surface area contributed by atoms with Crippen molar-refractivity contribution >= 4 is 17.6 Å². The van der Waals surface area contributed by atoms with E-state index in [1.54, 1.807) is 4.90 Å². The molecule has 0 bridgehead atoms. The molecule has 3 aliphatic rings. The summed E-state index contributed by atoms with van der Waals surface area (Å²) >= 11 is 0. The summed E-state index contributed by atoms with van der Waals surface area (Å²) < 4.78 is 53.6. The summed E-state index contributed by atoms with van der Waals surface area (Å²) in [5.74, 6) is 0.606. The fourth-order valence-corrected chi connectivity index (χ4v) is 5.26. The first-order valence-electron chi connectivity index (χ1n) is 11.6. The van der Waals surface area contributed by atoms with Crippen LogP contribution < -0.4 is 4.90 Å². The van der Waals surface area contributed by atoms with Crippen molar-refractivity contribution in [2.45, 2.75) is 57.8 Å². The Bertz CT molecular complexity index is 1090. The van der Waals surface area contributed by atoms with Crippen molar-refractivity contribution in [3.63, 3.8) is 0 Å². The van der Waals surface area contributed by atoms with Crippen molar-refractivity contribution in [2.75, 3.05) is 38.3 Å². The van der Waals surface area contributed by atoms with Crippen LogP contribution in [0.15, 0.2) is 6.07 Å². The lowest BCUT2D eigenvalue weighted by Gasteiger charge is -2.32. The third-order valence-corrected chi connectivity index (χ3v) is 6.95. The molecule has 2 aromatic rings. The number of nitrogens with zero attached hydrogens (tertiary/aromatic N) is 5. The molecule has 0 unspecified atom stereocenters. The minimum Gasteiger partial charge on any atom is -0.453 e. The van der Waals surface area contributed by atoms with E-state index < -0.39 is 17.8 Å². The van der Waals surface area contributed by atoms with E-state index in [-0.39, 0.29) is 11.7 Å². The van der Waals surface area contributed by atoms with Gasteiger partial charge in [-0.1, -0.05) is 0 Å². The van der Waals surface area contributed by atoms with Gasteiger partial charge in [-0.15, -0.1) is 0 Å². The van der Waals surface area contributed by atoms with Gasteiger partial charge in [0, 0.05) is 49.7 Å². The highest BCUT2D eigenvalue weighted by Crippen LogP contribution is 2.42. The maximum absolute atomic E-state index is 13.7. The smallest absolute Gasteiger partial charge is 0.418 e. The number of pyridine rings is 1. The first-order chi connectivity index (χ1) is 16.3. The number of hydrogen-bond donors (Lipinski definition) is 0. The molecule has 1 amide bonds. The van der Waals surface area contributed by atoms with Crippen LogP contribution in [0.3, 0.4) is 0 Å². The number of carbonyl (C=O) groups is 1. The van der Waals surface area contributed by atoms with Crippen molar-refractivity contribution in [2.24, 2.45) is 0 Å². The first kappa shape index (κ1) is 22.9. The van der Waals surface area contributed by atoms with E-state index in [4.69, 9.17) is 14.6 Å². The number of alkyl halides is 3. The van der Waals surface area contributed by atoms with Crippen molar-refractivity contribution in [1.82, 2.24) is 19.7 Å². The minimum absolute atomic E-state index is 0.0141. The molecule has 0 N–H and O–H groups in total. The van der Waals surface area contributed by atoms with Crippen LogP contribution in [0.4, 0.5) is 29.5 Å². The number of aryl methyl sites for hydroxylation is 2. The van der Waals surface area contributed by atoms with Gasteiger partial charge in [-0.2, -0.15) is 18.3 Å². The molecule has 0 aliphatic carbocycles. The molecule has 2 aromatic heterocycles. The van der Waals surface area contributed by atoms with E-state index in [0.29, 0.717) is 62.9 Å². The Morgan fingerprint density at radius 2 is 1.97 bits per heavy atom. The van der Waals surface area contributed by atoms with E-state index in [2.05, 4.69) is 4.98 Å². The van der Waals surface area contributed by atoms with Gasteiger partial charge in [-0.25, -0.2) is 4.79 Å². The van der Waals surface area contributed by atoms with Crippen LogP contribution >= 0.6 is 0 Å². The van der Waals surface area contributed by atoms with Crippen molar-refractivity contribution in [3.05, 3.63) is 34.3 Å². The quantitative estimate of drug-likeness (QED) is 0.644. The Hall–Kier alpha value is -2.82. The molecule has 3 aliphatic heterocycles. The molecule has 11 heteroatoms. The van der Waals surface area contributed by atoms with Gasteiger partial charge in [0.05, 0.1) is 36.6 Å². The highest BCUT2D eigenvalue weighted by Gasteiger charge is 2.38. The van der Waals surface area contributed by atoms with Gasteiger partial charge in [-0.05, 0) is 38.7 Å². The van der Waals surface area contributed by atoms with Crippen LogP contribution in [-0.4, -0.2) is 59.2 Å². The van der Waals surface area contributed by atoms with Gasteiger partial charge in [0.15, 0.2) is 5.82 Å². The van der Waals surface area contributed by atoms with E-state index in [1.165, 1.54) is 20.1 Å². The summed E-state index contributed by atoms with van der Waals surface area (Å²) in [6.07, 6.45) is -1.29. The molecule has 8 nitrogen and oxygen atoms in total. The molecule has 184 valence electrons. The SMILES string of the molecule is COC(=O)N1CCc2c(c(N3CCCc4nc(C)c(C(F)(F)F)cc43)nn2C2CCOCC2)C1. The predicted octanol–water partition coefficient (Wildman–Crippen LogP) is 4.17. The Kier molecular flexibility index (Phi) is 5.91. The lowest BCUT2D eigenvalue weighted by molar-refractivity contribution is -0.138. The molecule has 0 aromatic carbocycles. The van der Waals surface area contributed by atoms with E-state index >= 15 is 0 Å². The average molecular weight is 480 g/mol. The summed E-state index contributed by atoms with van der Waals surface area (Å²) in [7, 11) is 1.35. The number of rotatable bonds is 2. The normalized spacial score (nSPS) is 19.1. The largest absolute Gasteiger partial charge is 0.453 e. The molecular formula is C23H28F3N5O3. The Labute approximate surface area is 195 Å². The molecule has 1 fully saturated rings. The minimum atomic E-state index is -4.49. The third-order valence-electron chi connectivity index (χ3n) is 6.95. The summed E-state index contributed by atoms with van der Waals surface area (Å²) in [4.78, 5) is 20.1. The average Bonchev–Trinajstić information content (AvgIpc) is 3.21. The topological polar surface area (TPSA) is 72.7 Å². The molecule has 5 heterocycles. The van der Waals surface area contributed by atoms with Gasteiger partial charge in [0.25, 0.3) is 0 Å². The monoisotopic (exact) mass is 479 g/mol. The molecule has 0 saturated carbocycles. The predicted molar refractivity (Wildman–Crippen MR) is 117 cm³/mol. The second-order valence-corrected chi connectivity index (χ2v) is 9.02. The number of carbonyl (C=O) groups excluding carboxylic acids is 1. The molecule has 5 rings (SSSR count). The number of halogens is 3. The number of methoxy groups -OCH3 is 1. The van der Waals surface area contributed by atoms with Crippen molar-refractivity contribution in [3.8, 4) is 0 Å². The lowest BCUT2D eigenvalue weighted by Crippen LogP contribution is -2.37.